The summed E-state index contributed by atoms with van der Waals surface area (Å²) >= 11 is 0. The Hall–Kier alpha value is -2.95. The number of benzene rings is 3. The molecule has 0 radical (unpaired) electrons. The van der Waals surface area contributed by atoms with Gasteiger partial charge in [0.05, 0.1) is 12.6 Å². The van der Waals surface area contributed by atoms with E-state index >= 15 is 0 Å². The highest BCUT2D eigenvalue weighted by Crippen LogP contribution is 2.26. The Kier molecular flexibility index (Phi) is 7.17. The van der Waals surface area contributed by atoms with Crippen LogP contribution in [0.3, 0.4) is 0 Å². The molecule has 0 aliphatic rings. The summed E-state index contributed by atoms with van der Waals surface area (Å²) in [6, 6.07) is 26.1. The van der Waals surface area contributed by atoms with E-state index in [9.17, 15) is 9.90 Å². The number of rotatable bonds is 8. The van der Waals surface area contributed by atoms with E-state index in [0.29, 0.717) is 5.56 Å². The molecule has 0 aliphatic heterocycles. The molecule has 0 heterocycles. The van der Waals surface area contributed by atoms with Crippen LogP contribution in [0.25, 0.3) is 0 Å². The van der Waals surface area contributed by atoms with Gasteiger partial charge < -0.3 is 9.84 Å². The second-order valence-electron chi connectivity index (χ2n) is 7.01. The molecule has 3 aromatic rings. The van der Waals surface area contributed by atoms with Crippen molar-refractivity contribution in [1.82, 2.24) is 5.32 Å². The maximum Gasteiger partial charge on any atom is 0.326 e. The summed E-state index contributed by atoms with van der Waals surface area (Å²) in [5.41, 5.74) is 3.77. The molecule has 4 heteroatoms. The second-order valence-corrected chi connectivity index (χ2v) is 7.01. The van der Waals surface area contributed by atoms with Crippen molar-refractivity contribution < 1.29 is 14.6 Å². The Bertz CT molecular complexity index is 855. The van der Waals surface area contributed by atoms with Gasteiger partial charge in [0.2, 0.25) is 0 Å². The fourth-order valence-corrected chi connectivity index (χ4v) is 3.33. The monoisotopic (exact) mass is 389 g/mol. The summed E-state index contributed by atoms with van der Waals surface area (Å²) in [4.78, 5) is 12.8. The number of nitrogens with one attached hydrogen (secondary N) is 1. The van der Waals surface area contributed by atoms with Gasteiger partial charge in [-0.2, -0.15) is 0 Å². The summed E-state index contributed by atoms with van der Waals surface area (Å²) in [6.45, 7) is 4.00. The van der Waals surface area contributed by atoms with E-state index in [1.807, 2.05) is 91.9 Å². The molecule has 0 saturated heterocycles. The van der Waals surface area contributed by atoms with Gasteiger partial charge in [-0.3, -0.25) is 10.1 Å². The lowest BCUT2D eigenvalue weighted by molar-refractivity contribution is -0.149. The third kappa shape index (κ3) is 5.31. The number of carbonyl (C=O) groups is 1. The lowest BCUT2D eigenvalue weighted by Gasteiger charge is -2.29. The normalized spacial score (nSPS) is 13.1. The van der Waals surface area contributed by atoms with Crippen molar-refractivity contribution in [3.05, 3.63) is 107 Å². The largest absolute Gasteiger partial charge is 0.465 e. The molecule has 3 rings (SSSR count). The van der Waals surface area contributed by atoms with E-state index in [2.05, 4.69) is 5.32 Å². The van der Waals surface area contributed by atoms with E-state index in [1.54, 1.807) is 6.92 Å². The highest BCUT2D eigenvalue weighted by atomic mass is 16.5. The van der Waals surface area contributed by atoms with Crippen molar-refractivity contribution in [3.8, 4) is 0 Å². The van der Waals surface area contributed by atoms with Crippen LogP contribution in [0.5, 0.6) is 0 Å². The molecule has 2 atom stereocenters. The quantitative estimate of drug-likeness (QED) is 0.563. The lowest BCUT2D eigenvalue weighted by atomic mass is 9.95. The SMILES string of the molecule is CCOC(=O)[C@H](NC(c1ccccc1)c1ccccc1)[C@H](O)c1ccc(C)cc1. The minimum atomic E-state index is -1.04. The van der Waals surface area contributed by atoms with Gasteiger partial charge >= 0.3 is 5.97 Å². The highest BCUT2D eigenvalue weighted by molar-refractivity contribution is 5.77. The highest BCUT2D eigenvalue weighted by Gasteiger charge is 2.32. The third-order valence-corrected chi connectivity index (χ3v) is 4.89. The van der Waals surface area contributed by atoms with Gasteiger partial charge in [-0.05, 0) is 30.5 Å². The molecule has 4 nitrogen and oxygen atoms in total. The fourth-order valence-electron chi connectivity index (χ4n) is 3.33. The van der Waals surface area contributed by atoms with Crippen LogP contribution in [0.4, 0.5) is 0 Å². The number of aliphatic hydroxyl groups excluding tert-OH is 1. The zero-order valence-corrected chi connectivity index (χ0v) is 16.8. The van der Waals surface area contributed by atoms with Crippen molar-refractivity contribution in [2.24, 2.45) is 0 Å². The third-order valence-electron chi connectivity index (χ3n) is 4.89. The molecular weight excluding hydrogens is 362 g/mol. The Morgan fingerprint density at radius 1 is 0.862 bits per heavy atom. The van der Waals surface area contributed by atoms with Crippen LogP contribution in [-0.4, -0.2) is 23.7 Å². The Morgan fingerprint density at radius 3 is 1.86 bits per heavy atom. The van der Waals surface area contributed by atoms with Gasteiger partial charge in [-0.25, -0.2) is 0 Å². The Balaban J connectivity index is 1.97. The van der Waals surface area contributed by atoms with Crippen molar-refractivity contribution in [1.29, 1.82) is 0 Å². The molecule has 0 amide bonds. The van der Waals surface area contributed by atoms with Crippen LogP contribution >= 0.6 is 0 Å². The molecule has 0 aromatic heterocycles. The van der Waals surface area contributed by atoms with E-state index in [4.69, 9.17) is 4.74 Å². The first-order valence-electron chi connectivity index (χ1n) is 9.87. The first-order chi connectivity index (χ1) is 14.1. The van der Waals surface area contributed by atoms with Gasteiger partial charge in [0.25, 0.3) is 0 Å². The predicted molar refractivity (Wildman–Crippen MR) is 114 cm³/mol. The number of carbonyl (C=O) groups excluding carboxylic acids is 1. The smallest absolute Gasteiger partial charge is 0.326 e. The summed E-state index contributed by atoms with van der Waals surface area (Å²) < 4.78 is 5.28. The Labute approximate surface area is 172 Å². The minimum Gasteiger partial charge on any atom is -0.465 e. The van der Waals surface area contributed by atoms with E-state index < -0.39 is 18.1 Å². The predicted octanol–water partition coefficient (Wildman–Crippen LogP) is 4.34. The van der Waals surface area contributed by atoms with E-state index in [1.165, 1.54) is 0 Å². The van der Waals surface area contributed by atoms with E-state index in [0.717, 1.165) is 16.7 Å². The van der Waals surface area contributed by atoms with Crippen molar-refractivity contribution in [3.63, 3.8) is 0 Å². The number of hydrogen-bond acceptors (Lipinski definition) is 4. The Morgan fingerprint density at radius 2 is 1.38 bits per heavy atom. The maximum absolute atomic E-state index is 12.8. The first kappa shape index (κ1) is 20.8. The summed E-state index contributed by atoms with van der Waals surface area (Å²) in [6.07, 6.45) is -1.04. The molecule has 150 valence electrons. The molecule has 0 unspecified atom stereocenters. The average Bonchev–Trinajstić information content (AvgIpc) is 2.76. The van der Waals surface area contributed by atoms with Crippen LogP contribution in [0, 0.1) is 6.92 Å². The number of aliphatic hydroxyl groups is 1. The van der Waals surface area contributed by atoms with Crippen molar-refractivity contribution in [2.45, 2.75) is 32.0 Å². The van der Waals surface area contributed by atoms with Crippen LogP contribution in [0.2, 0.25) is 0 Å². The molecule has 2 N–H and O–H groups in total. The molecule has 29 heavy (non-hydrogen) atoms. The molecule has 0 fully saturated rings. The number of aryl methyl sites for hydroxylation is 1. The number of ether oxygens (including phenoxy) is 1. The summed E-state index contributed by atoms with van der Waals surface area (Å²) in [5, 5.41) is 14.4. The molecule has 0 aliphatic carbocycles. The average molecular weight is 389 g/mol. The van der Waals surface area contributed by atoms with Gasteiger partial charge in [0.1, 0.15) is 12.1 Å². The van der Waals surface area contributed by atoms with Crippen LogP contribution in [0.15, 0.2) is 84.9 Å². The molecule has 3 aromatic carbocycles. The first-order valence-corrected chi connectivity index (χ1v) is 9.87. The van der Waals surface area contributed by atoms with Gasteiger partial charge in [-0.15, -0.1) is 0 Å². The number of hydrogen-bond donors (Lipinski definition) is 2. The lowest BCUT2D eigenvalue weighted by Crippen LogP contribution is -2.45. The zero-order valence-electron chi connectivity index (χ0n) is 16.8. The molecular formula is C25H27NO3. The van der Waals surface area contributed by atoms with Gasteiger partial charge in [0, 0.05) is 0 Å². The standard InChI is InChI=1S/C25H27NO3/c1-3-29-25(28)23(24(27)21-16-14-18(2)15-17-21)26-22(19-10-6-4-7-11-19)20-12-8-5-9-13-20/h4-17,22-24,26-27H,3H2,1-2H3/t23-,24-/m1/s1. The number of esters is 1. The zero-order chi connectivity index (χ0) is 20.6. The molecule has 0 bridgehead atoms. The van der Waals surface area contributed by atoms with Gasteiger partial charge in [0.15, 0.2) is 0 Å². The summed E-state index contributed by atoms with van der Waals surface area (Å²) in [7, 11) is 0. The van der Waals surface area contributed by atoms with Crippen molar-refractivity contribution >= 4 is 5.97 Å². The van der Waals surface area contributed by atoms with Crippen LogP contribution in [0.1, 0.15) is 41.3 Å². The summed E-state index contributed by atoms with van der Waals surface area (Å²) in [5.74, 6) is -0.475. The van der Waals surface area contributed by atoms with Crippen molar-refractivity contribution in [2.75, 3.05) is 6.61 Å². The topological polar surface area (TPSA) is 58.6 Å². The second kappa shape index (κ2) is 10.0. The van der Waals surface area contributed by atoms with Crippen LogP contribution in [-0.2, 0) is 9.53 Å². The van der Waals surface area contributed by atoms with Gasteiger partial charge in [-0.1, -0.05) is 90.5 Å². The maximum atomic E-state index is 12.8. The molecule has 0 spiro atoms. The minimum absolute atomic E-state index is 0.249. The molecule has 0 saturated carbocycles. The van der Waals surface area contributed by atoms with E-state index in [-0.39, 0.29) is 12.6 Å². The fraction of sp³-hybridized carbons (Fsp3) is 0.240. The van der Waals surface area contributed by atoms with Crippen LogP contribution < -0.4 is 5.32 Å².